The first-order valence-corrected chi connectivity index (χ1v) is 4.10. The Kier molecular flexibility index (Phi) is 2.91. The number of nitrogens with zero attached hydrogens (tertiary/aromatic N) is 3. The molecular formula is C9H13N3. The Bertz CT molecular complexity index is 281. The average Bonchev–Trinajstić information content (AvgIpc) is 2.08. The third kappa shape index (κ3) is 1.87. The number of aryl methyl sites for hydroxylation is 2. The lowest BCUT2D eigenvalue weighted by atomic mass is 10.2. The summed E-state index contributed by atoms with van der Waals surface area (Å²) < 4.78 is 0. The van der Waals surface area contributed by atoms with E-state index >= 15 is 0 Å². The fourth-order valence-corrected chi connectivity index (χ4v) is 1.02. The van der Waals surface area contributed by atoms with E-state index in [1.807, 2.05) is 6.92 Å². The summed E-state index contributed by atoms with van der Waals surface area (Å²) in [4.78, 5) is 4.22. The molecule has 0 saturated carbocycles. The minimum Gasteiger partial charge on any atom is -0.230 e. The van der Waals surface area contributed by atoms with E-state index in [-0.39, 0.29) is 0 Å². The van der Waals surface area contributed by atoms with E-state index in [1.54, 1.807) is 6.08 Å². The second kappa shape index (κ2) is 3.95. The maximum absolute atomic E-state index is 4.22. The molecule has 0 N–H and O–H groups in total. The lowest BCUT2D eigenvalue weighted by molar-refractivity contribution is 0.790. The van der Waals surface area contributed by atoms with Crippen LogP contribution in [0.5, 0.6) is 0 Å². The fourth-order valence-electron chi connectivity index (χ4n) is 1.02. The Hall–Kier alpha value is -1.25. The van der Waals surface area contributed by atoms with E-state index in [0.717, 1.165) is 24.2 Å². The fraction of sp³-hybridized carbons (Fsp3) is 0.444. The van der Waals surface area contributed by atoms with Gasteiger partial charge in [0.15, 0.2) is 0 Å². The highest BCUT2D eigenvalue weighted by molar-refractivity contribution is 5.43. The predicted molar refractivity (Wildman–Crippen MR) is 48.7 cm³/mol. The molecule has 0 aromatic carbocycles. The van der Waals surface area contributed by atoms with E-state index in [4.69, 9.17) is 0 Å². The standard InChI is InChI=1S/C9H13N3/c1-4-6-9-8(5-2)10-7(3)11-12-9/h5H,2,4,6H2,1,3H3. The summed E-state index contributed by atoms with van der Waals surface area (Å²) in [5.41, 5.74) is 1.81. The van der Waals surface area contributed by atoms with Crippen LogP contribution in [0.2, 0.25) is 0 Å². The maximum Gasteiger partial charge on any atom is 0.148 e. The van der Waals surface area contributed by atoms with Crippen LogP contribution in [0.3, 0.4) is 0 Å². The van der Waals surface area contributed by atoms with Crippen molar-refractivity contribution < 1.29 is 0 Å². The molecule has 3 heteroatoms. The summed E-state index contributed by atoms with van der Waals surface area (Å²) in [5.74, 6) is 0.699. The topological polar surface area (TPSA) is 38.7 Å². The second-order valence-corrected chi connectivity index (χ2v) is 2.65. The highest BCUT2D eigenvalue weighted by Crippen LogP contribution is 2.05. The number of hydrogen-bond donors (Lipinski definition) is 0. The summed E-state index contributed by atoms with van der Waals surface area (Å²) in [7, 11) is 0. The molecule has 64 valence electrons. The molecule has 0 bridgehead atoms. The van der Waals surface area contributed by atoms with Gasteiger partial charge in [0.2, 0.25) is 0 Å². The van der Waals surface area contributed by atoms with Crippen LogP contribution in [0.25, 0.3) is 6.08 Å². The maximum atomic E-state index is 4.22. The van der Waals surface area contributed by atoms with Gasteiger partial charge < -0.3 is 0 Å². The molecule has 1 aromatic heterocycles. The molecule has 0 saturated heterocycles. The minimum atomic E-state index is 0.699. The van der Waals surface area contributed by atoms with Gasteiger partial charge in [0.05, 0.1) is 11.4 Å². The molecule has 1 heterocycles. The molecule has 0 atom stereocenters. The third-order valence-corrected chi connectivity index (χ3v) is 1.57. The average molecular weight is 163 g/mol. The van der Waals surface area contributed by atoms with Crippen molar-refractivity contribution in [3.63, 3.8) is 0 Å². The molecule has 0 aliphatic rings. The van der Waals surface area contributed by atoms with Gasteiger partial charge in [-0.2, -0.15) is 5.10 Å². The van der Waals surface area contributed by atoms with Crippen molar-refractivity contribution in [1.82, 2.24) is 15.2 Å². The van der Waals surface area contributed by atoms with Crippen LogP contribution in [-0.4, -0.2) is 15.2 Å². The van der Waals surface area contributed by atoms with Crippen molar-refractivity contribution >= 4 is 6.08 Å². The Morgan fingerprint density at radius 2 is 2.17 bits per heavy atom. The molecular weight excluding hydrogens is 150 g/mol. The minimum absolute atomic E-state index is 0.699. The van der Waals surface area contributed by atoms with Crippen LogP contribution in [0.4, 0.5) is 0 Å². The normalized spacial score (nSPS) is 9.83. The molecule has 0 unspecified atom stereocenters. The van der Waals surface area contributed by atoms with Crippen LogP contribution >= 0.6 is 0 Å². The third-order valence-electron chi connectivity index (χ3n) is 1.57. The van der Waals surface area contributed by atoms with E-state index in [9.17, 15) is 0 Å². The number of aromatic nitrogens is 3. The predicted octanol–water partition coefficient (Wildman–Crippen LogP) is 1.78. The molecule has 12 heavy (non-hydrogen) atoms. The molecule has 0 fully saturated rings. The summed E-state index contributed by atoms with van der Waals surface area (Å²) >= 11 is 0. The highest BCUT2D eigenvalue weighted by atomic mass is 15.2. The van der Waals surface area contributed by atoms with Crippen LogP contribution in [0.15, 0.2) is 6.58 Å². The van der Waals surface area contributed by atoms with Gasteiger partial charge in [0.1, 0.15) is 5.82 Å². The Morgan fingerprint density at radius 1 is 1.42 bits per heavy atom. The van der Waals surface area contributed by atoms with Crippen LogP contribution in [0.1, 0.15) is 30.6 Å². The van der Waals surface area contributed by atoms with Crippen molar-refractivity contribution in [2.24, 2.45) is 0 Å². The van der Waals surface area contributed by atoms with Gasteiger partial charge in [-0.3, -0.25) is 0 Å². The zero-order valence-corrected chi connectivity index (χ0v) is 7.54. The second-order valence-electron chi connectivity index (χ2n) is 2.65. The zero-order valence-electron chi connectivity index (χ0n) is 7.54. The summed E-state index contributed by atoms with van der Waals surface area (Å²) in [6, 6.07) is 0. The highest BCUT2D eigenvalue weighted by Gasteiger charge is 2.02. The van der Waals surface area contributed by atoms with Crippen LogP contribution in [-0.2, 0) is 6.42 Å². The van der Waals surface area contributed by atoms with Crippen molar-refractivity contribution in [3.8, 4) is 0 Å². The number of rotatable bonds is 3. The molecule has 0 amide bonds. The Balaban J connectivity index is 3.02. The first-order chi connectivity index (χ1) is 5.77. The SMILES string of the molecule is C=Cc1nc(C)nnc1CCC. The number of hydrogen-bond acceptors (Lipinski definition) is 3. The summed E-state index contributed by atoms with van der Waals surface area (Å²) in [5, 5.41) is 7.95. The van der Waals surface area contributed by atoms with E-state index in [1.165, 1.54) is 0 Å². The molecule has 1 rings (SSSR count). The van der Waals surface area contributed by atoms with Gasteiger partial charge in [0.25, 0.3) is 0 Å². The Morgan fingerprint density at radius 3 is 2.75 bits per heavy atom. The van der Waals surface area contributed by atoms with Gasteiger partial charge in [-0.1, -0.05) is 19.9 Å². The van der Waals surface area contributed by atoms with Crippen molar-refractivity contribution in [2.75, 3.05) is 0 Å². The van der Waals surface area contributed by atoms with Gasteiger partial charge in [0, 0.05) is 0 Å². The summed E-state index contributed by atoms with van der Waals surface area (Å²) in [6.45, 7) is 7.62. The molecule has 0 aliphatic carbocycles. The van der Waals surface area contributed by atoms with Gasteiger partial charge in [-0.05, 0) is 19.4 Å². The quantitative estimate of drug-likeness (QED) is 0.681. The molecule has 0 radical (unpaired) electrons. The van der Waals surface area contributed by atoms with Gasteiger partial charge >= 0.3 is 0 Å². The van der Waals surface area contributed by atoms with Crippen molar-refractivity contribution in [2.45, 2.75) is 26.7 Å². The Labute approximate surface area is 72.6 Å². The van der Waals surface area contributed by atoms with Crippen molar-refractivity contribution in [3.05, 3.63) is 23.8 Å². The first kappa shape index (κ1) is 8.84. The first-order valence-electron chi connectivity index (χ1n) is 4.10. The molecule has 0 aliphatic heterocycles. The van der Waals surface area contributed by atoms with Crippen LogP contribution in [0, 0.1) is 6.92 Å². The van der Waals surface area contributed by atoms with E-state index in [2.05, 4.69) is 28.7 Å². The van der Waals surface area contributed by atoms with E-state index in [0.29, 0.717) is 5.82 Å². The van der Waals surface area contributed by atoms with Crippen LogP contribution < -0.4 is 0 Å². The van der Waals surface area contributed by atoms with E-state index < -0.39 is 0 Å². The largest absolute Gasteiger partial charge is 0.230 e. The smallest absolute Gasteiger partial charge is 0.148 e. The lowest BCUT2D eigenvalue weighted by Crippen LogP contribution is -2.02. The zero-order chi connectivity index (χ0) is 8.97. The van der Waals surface area contributed by atoms with Gasteiger partial charge in [-0.25, -0.2) is 4.98 Å². The molecule has 1 aromatic rings. The summed E-state index contributed by atoms with van der Waals surface area (Å²) in [6.07, 6.45) is 3.70. The van der Waals surface area contributed by atoms with Crippen molar-refractivity contribution in [1.29, 1.82) is 0 Å². The monoisotopic (exact) mass is 163 g/mol. The lowest BCUT2D eigenvalue weighted by Gasteiger charge is -2.01. The molecule has 0 spiro atoms. The van der Waals surface area contributed by atoms with Gasteiger partial charge in [-0.15, -0.1) is 5.10 Å². The molecule has 3 nitrogen and oxygen atoms in total.